The molecule has 2 unspecified atom stereocenters. The van der Waals surface area contributed by atoms with Gasteiger partial charge < -0.3 is 10.0 Å². The molecule has 0 aromatic heterocycles. The zero-order valence-electron chi connectivity index (χ0n) is 11.5. The van der Waals surface area contributed by atoms with Gasteiger partial charge in [-0.2, -0.15) is 0 Å². The van der Waals surface area contributed by atoms with E-state index in [1.807, 2.05) is 4.90 Å². The van der Waals surface area contributed by atoms with Gasteiger partial charge in [-0.25, -0.2) is 9.18 Å². The number of amides is 1. The van der Waals surface area contributed by atoms with Crippen molar-refractivity contribution in [3.8, 4) is 0 Å². The van der Waals surface area contributed by atoms with Crippen LogP contribution in [-0.4, -0.2) is 34.5 Å². The second kappa shape index (κ2) is 5.31. The van der Waals surface area contributed by atoms with Crippen molar-refractivity contribution in [2.45, 2.75) is 25.3 Å². The fourth-order valence-electron chi connectivity index (χ4n) is 3.30. The Hall–Kier alpha value is -2.17. The maximum atomic E-state index is 13.9. The molecule has 0 radical (unpaired) electrons. The van der Waals surface area contributed by atoms with E-state index in [2.05, 4.69) is 0 Å². The smallest absolute Gasteiger partial charge is 0.328 e. The van der Waals surface area contributed by atoms with Gasteiger partial charge in [-0.3, -0.25) is 4.79 Å². The van der Waals surface area contributed by atoms with Crippen LogP contribution in [0.4, 0.5) is 4.39 Å². The molecular weight excluding hydrogens is 273 g/mol. The number of likely N-dealkylation sites (tertiary alicyclic amines) is 1. The van der Waals surface area contributed by atoms with Gasteiger partial charge in [0.1, 0.15) is 5.82 Å². The summed E-state index contributed by atoms with van der Waals surface area (Å²) in [5.41, 5.74) is 0.490. The molecule has 2 atom stereocenters. The quantitative estimate of drug-likeness (QED) is 0.870. The van der Waals surface area contributed by atoms with Gasteiger partial charge >= 0.3 is 5.97 Å². The van der Waals surface area contributed by atoms with Crippen molar-refractivity contribution in [2.24, 2.45) is 5.92 Å². The number of halogens is 1. The lowest BCUT2D eigenvalue weighted by molar-refractivity contribution is -0.131. The minimum absolute atomic E-state index is 0.130. The summed E-state index contributed by atoms with van der Waals surface area (Å²) >= 11 is 0. The number of fused-ring (bicyclic) bond motifs is 2. The summed E-state index contributed by atoms with van der Waals surface area (Å²) in [5, 5.41) is 8.54. The van der Waals surface area contributed by atoms with Gasteiger partial charge in [-0.05, 0) is 43.4 Å². The number of benzene rings is 1. The summed E-state index contributed by atoms with van der Waals surface area (Å²) in [5.74, 6) is -1.25. The molecule has 5 heteroatoms. The molecular formula is C16H16FNO3. The minimum atomic E-state index is -1.14. The van der Waals surface area contributed by atoms with Crippen LogP contribution >= 0.6 is 0 Å². The molecule has 21 heavy (non-hydrogen) atoms. The van der Waals surface area contributed by atoms with Gasteiger partial charge in [0.05, 0.1) is 0 Å². The van der Waals surface area contributed by atoms with Crippen molar-refractivity contribution in [3.05, 3.63) is 41.2 Å². The van der Waals surface area contributed by atoms with Gasteiger partial charge in [-0.1, -0.05) is 6.07 Å². The monoisotopic (exact) mass is 289 g/mol. The lowest BCUT2D eigenvalue weighted by Gasteiger charge is -2.27. The fourth-order valence-corrected chi connectivity index (χ4v) is 3.30. The maximum Gasteiger partial charge on any atom is 0.328 e. The fraction of sp³-hybridized carbons (Fsp3) is 0.375. The van der Waals surface area contributed by atoms with Crippen molar-refractivity contribution < 1.29 is 19.1 Å². The Morgan fingerprint density at radius 1 is 1.33 bits per heavy atom. The Morgan fingerprint density at radius 2 is 2.14 bits per heavy atom. The average molecular weight is 289 g/mol. The molecule has 1 saturated heterocycles. The average Bonchev–Trinajstić information content (AvgIpc) is 3.07. The molecule has 2 bridgehead atoms. The molecule has 110 valence electrons. The van der Waals surface area contributed by atoms with Crippen molar-refractivity contribution in [1.29, 1.82) is 0 Å². The van der Waals surface area contributed by atoms with E-state index in [9.17, 15) is 14.0 Å². The third kappa shape index (κ3) is 2.68. The lowest BCUT2D eigenvalue weighted by Crippen LogP contribution is -2.37. The molecule has 1 N–H and O–H groups in total. The first-order valence-electron chi connectivity index (χ1n) is 7.06. The van der Waals surface area contributed by atoms with Gasteiger partial charge in [0.2, 0.25) is 0 Å². The van der Waals surface area contributed by atoms with Crippen molar-refractivity contribution in [1.82, 2.24) is 4.90 Å². The van der Waals surface area contributed by atoms with Crippen LogP contribution in [0, 0.1) is 11.7 Å². The van der Waals surface area contributed by atoms with E-state index in [4.69, 9.17) is 5.11 Å². The number of carbonyl (C=O) groups excluding carboxylic acids is 1. The first-order valence-corrected chi connectivity index (χ1v) is 7.06. The zero-order valence-corrected chi connectivity index (χ0v) is 11.5. The standard InChI is InChI=1S/C16H16FNO3/c17-14-8-12(3-2-11(14)4-6-15(19)20)16(21)18-9-10-1-5-13(18)7-10/h2-4,6,8,10,13H,1,5,7,9H2,(H,19,20). The second-order valence-corrected chi connectivity index (χ2v) is 5.70. The van der Waals surface area contributed by atoms with E-state index >= 15 is 0 Å². The summed E-state index contributed by atoms with van der Waals surface area (Å²) in [4.78, 5) is 24.7. The van der Waals surface area contributed by atoms with E-state index in [0.717, 1.165) is 25.5 Å². The third-order valence-corrected chi connectivity index (χ3v) is 4.32. The van der Waals surface area contributed by atoms with Crippen LogP contribution in [0.3, 0.4) is 0 Å². The first-order chi connectivity index (χ1) is 10.0. The number of piperidine rings is 1. The third-order valence-electron chi connectivity index (χ3n) is 4.32. The van der Waals surface area contributed by atoms with Crippen LogP contribution < -0.4 is 0 Å². The topological polar surface area (TPSA) is 57.6 Å². The summed E-state index contributed by atoms with van der Waals surface area (Å²) < 4.78 is 13.9. The Labute approximate surface area is 121 Å². The van der Waals surface area contributed by atoms with E-state index in [1.54, 1.807) is 6.07 Å². The Kier molecular flexibility index (Phi) is 3.49. The Bertz CT molecular complexity index is 626. The van der Waals surface area contributed by atoms with Crippen molar-refractivity contribution in [2.75, 3.05) is 6.54 Å². The lowest BCUT2D eigenvalue weighted by atomic mass is 10.1. The largest absolute Gasteiger partial charge is 0.478 e. The summed E-state index contributed by atoms with van der Waals surface area (Å²) in [6.07, 6.45) is 5.34. The predicted molar refractivity (Wildman–Crippen MR) is 75.2 cm³/mol. The SMILES string of the molecule is O=C(O)C=Cc1ccc(C(=O)N2CC3CCC2C3)cc1F. The van der Waals surface area contributed by atoms with Gasteiger partial charge in [0.25, 0.3) is 5.91 Å². The number of carbonyl (C=O) groups is 2. The normalized spacial score (nSPS) is 24.0. The number of aliphatic carboxylic acids is 1. The molecule has 4 nitrogen and oxygen atoms in total. The molecule has 1 aliphatic carbocycles. The highest BCUT2D eigenvalue weighted by Crippen LogP contribution is 2.38. The highest BCUT2D eigenvalue weighted by Gasteiger charge is 2.40. The van der Waals surface area contributed by atoms with Crippen LogP contribution in [0.1, 0.15) is 35.2 Å². The van der Waals surface area contributed by atoms with Crippen LogP contribution in [0.2, 0.25) is 0 Å². The molecule has 0 spiro atoms. The zero-order chi connectivity index (χ0) is 15.0. The predicted octanol–water partition coefficient (Wildman–Crippen LogP) is 2.55. The molecule has 1 saturated carbocycles. The molecule has 1 amide bonds. The summed E-state index contributed by atoms with van der Waals surface area (Å²) in [6, 6.07) is 4.49. The molecule has 1 aliphatic heterocycles. The molecule has 1 heterocycles. The molecule has 1 aromatic carbocycles. The summed E-state index contributed by atoms with van der Waals surface area (Å²) in [6.45, 7) is 0.770. The number of hydrogen-bond donors (Lipinski definition) is 1. The number of rotatable bonds is 3. The molecule has 2 aliphatic rings. The van der Waals surface area contributed by atoms with Crippen LogP contribution in [0.5, 0.6) is 0 Å². The van der Waals surface area contributed by atoms with E-state index in [1.165, 1.54) is 24.6 Å². The van der Waals surface area contributed by atoms with E-state index in [-0.39, 0.29) is 11.5 Å². The first kappa shape index (κ1) is 13.8. The second-order valence-electron chi connectivity index (χ2n) is 5.70. The van der Waals surface area contributed by atoms with Gasteiger partial charge in [0, 0.05) is 29.8 Å². The van der Waals surface area contributed by atoms with Gasteiger partial charge in [-0.15, -0.1) is 0 Å². The number of nitrogens with zero attached hydrogens (tertiary/aromatic N) is 1. The highest BCUT2D eigenvalue weighted by atomic mass is 19.1. The number of carboxylic acid groups (broad SMARTS) is 1. The highest BCUT2D eigenvalue weighted by molar-refractivity contribution is 5.95. The molecule has 3 rings (SSSR count). The van der Waals surface area contributed by atoms with E-state index < -0.39 is 11.8 Å². The molecule has 2 fully saturated rings. The Balaban J connectivity index is 1.78. The van der Waals surface area contributed by atoms with E-state index in [0.29, 0.717) is 17.5 Å². The Morgan fingerprint density at radius 3 is 2.71 bits per heavy atom. The van der Waals surface area contributed by atoms with Crippen LogP contribution in [0.15, 0.2) is 24.3 Å². The van der Waals surface area contributed by atoms with Crippen molar-refractivity contribution >= 4 is 18.0 Å². The van der Waals surface area contributed by atoms with Crippen molar-refractivity contribution in [3.63, 3.8) is 0 Å². The maximum absolute atomic E-state index is 13.9. The number of hydrogen-bond acceptors (Lipinski definition) is 2. The van der Waals surface area contributed by atoms with Crippen LogP contribution in [-0.2, 0) is 4.79 Å². The minimum Gasteiger partial charge on any atom is -0.478 e. The molecule has 1 aromatic rings. The number of carboxylic acids is 1. The summed E-state index contributed by atoms with van der Waals surface area (Å²) in [7, 11) is 0. The van der Waals surface area contributed by atoms with Crippen LogP contribution in [0.25, 0.3) is 6.08 Å². The van der Waals surface area contributed by atoms with Gasteiger partial charge in [0.15, 0.2) is 0 Å².